The summed E-state index contributed by atoms with van der Waals surface area (Å²) in [7, 11) is 0. The van der Waals surface area contributed by atoms with Gasteiger partial charge in [-0.1, -0.05) is 6.92 Å². The Hall–Kier alpha value is -1.26. The van der Waals surface area contributed by atoms with E-state index in [9.17, 15) is 0 Å². The molecule has 1 aliphatic heterocycles. The van der Waals surface area contributed by atoms with E-state index >= 15 is 0 Å². The summed E-state index contributed by atoms with van der Waals surface area (Å²) in [6.45, 7) is 4.33. The van der Waals surface area contributed by atoms with E-state index in [1.807, 2.05) is 0 Å². The number of nitrogens with zero attached hydrogens (tertiary/aromatic N) is 3. The van der Waals surface area contributed by atoms with Crippen LogP contribution in [0.2, 0.25) is 0 Å². The lowest BCUT2D eigenvalue weighted by atomic mass is 10.0. The van der Waals surface area contributed by atoms with E-state index < -0.39 is 0 Å². The molecule has 1 aromatic heterocycles. The molecule has 1 aromatic rings. The van der Waals surface area contributed by atoms with Gasteiger partial charge in [0.05, 0.1) is 0 Å². The van der Waals surface area contributed by atoms with Crippen LogP contribution in [0.3, 0.4) is 0 Å². The van der Waals surface area contributed by atoms with Crippen molar-refractivity contribution in [2.75, 3.05) is 23.7 Å². The molecule has 0 saturated carbocycles. The quantitative estimate of drug-likeness (QED) is 0.666. The molecule has 2 heterocycles. The summed E-state index contributed by atoms with van der Waals surface area (Å²) in [5.74, 6) is 1.87. The molecule has 0 aliphatic carbocycles. The molecule has 0 unspecified atom stereocenters. The molecule has 0 spiro atoms. The topological polar surface area (TPSA) is 70.8 Å². The standard InChI is InChI=1S/C8H15N5/c1-6-3-2-4-13(5-6)8-10-7(9)11-12-8/h6H,2-5H2,1H3,(H3,9,10,11,12)/t6-/m0/s1. The molecule has 1 fully saturated rings. The molecule has 72 valence electrons. The van der Waals surface area contributed by atoms with Gasteiger partial charge in [-0.2, -0.15) is 4.98 Å². The number of rotatable bonds is 1. The minimum atomic E-state index is 0.397. The summed E-state index contributed by atoms with van der Waals surface area (Å²) in [5.41, 5.74) is 5.46. The van der Waals surface area contributed by atoms with Crippen molar-refractivity contribution in [3.05, 3.63) is 0 Å². The lowest BCUT2D eigenvalue weighted by Gasteiger charge is -2.29. The van der Waals surface area contributed by atoms with E-state index in [0.717, 1.165) is 25.0 Å². The van der Waals surface area contributed by atoms with Crippen molar-refractivity contribution in [2.24, 2.45) is 5.92 Å². The number of H-pyrrole nitrogens is 1. The number of hydrogen-bond donors (Lipinski definition) is 2. The first-order valence-electron chi connectivity index (χ1n) is 4.68. The molecular formula is C8H15N5. The van der Waals surface area contributed by atoms with Gasteiger partial charge in [0.25, 0.3) is 0 Å². The molecule has 1 aliphatic rings. The SMILES string of the molecule is C[C@H]1CCCN(c2n[nH]c(N)n2)C1. The molecule has 0 amide bonds. The van der Waals surface area contributed by atoms with Crippen molar-refractivity contribution in [3.63, 3.8) is 0 Å². The van der Waals surface area contributed by atoms with Crippen molar-refractivity contribution in [2.45, 2.75) is 19.8 Å². The highest BCUT2D eigenvalue weighted by Crippen LogP contribution is 2.19. The molecule has 0 bridgehead atoms. The third-order valence-corrected chi connectivity index (χ3v) is 2.43. The molecular weight excluding hydrogens is 166 g/mol. The molecule has 13 heavy (non-hydrogen) atoms. The van der Waals surface area contributed by atoms with Crippen LogP contribution in [0.25, 0.3) is 0 Å². The second-order valence-electron chi connectivity index (χ2n) is 3.71. The first-order valence-corrected chi connectivity index (χ1v) is 4.68. The summed E-state index contributed by atoms with van der Waals surface area (Å²) in [6, 6.07) is 0. The van der Waals surface area contributed by atoms with Crippen LogP contribution in [0.15, 0.2) is 0 Å². The first-order chi connectivity index (χ1) is 6.25. The van der Waals surface area contributed by atoms with Gasteiger partial charge in [0.1, 0.15) is 0 Å². The molecule has 1 atom stereocenters. The van der Waals surface area contributed by atoms with E-state index in [2.05, 4.69) is 27.0 Å². The Labute approximate surface area is 77.3 Å². The zero-order chi connectivity index (χ0) is 9.26. The lowest BCUT2D eigenvalue weighted by molar-refractivity contribution is 0.442. The number of aromatic amines is 1. The monoisotopic (exact) mass is 181 g/mol. The van der Waals surface area contributed by atoms with Crippen molar-refractivity contribution in [3.8, 4) is 0 Å². The second-order valence-corrected chi connectivity index (χ2v) is 3.71. The van der Waals surface area contributed by atoms with Gasteiger partial charge < -0.3 is 10.6 Å². The fraction of sp³-hybridized carbons (Fsp3) is 0.750. The maximum absolute atomic E-state index is 5.46. The number of nitrogen functional groups attached to an aromatic ring is 1. The number of aromatic nitrogens is 3. The Kier molecular flexibility index (Phi) is 2.08. The zero-order valence-corrected chi connectivity index (χ0v) is 7.82. The van der Waals surface area contributed by atoms with Crippen molar-refractivity contribution >= 4 is 11.9 Å². The van der Waals surface area contributed by atoms with Gasteiger partial charge in [0.2, 0.25) is 11.9 Å². The van der Waals surface area contributed by atoms with Gasteiger partial charge in [0, 0.05) is 13.1 Å². The van der Waals surface area contributed by atoms with Crippen LogP contribution in [-0.4, -0.2) is 28.3 Å². The first kappa shape index (κ1) is 8.34. The van der Waals surface area contributed by atoms with Gasteiger partial charge in [-0.25, -0.2) is 5.10 Å². The Morgan fingerprint density at radius 1 is 1.62 bits per heavy atom. The number of anilines is 2. The van der Waals surface area contributed by atoms with Gasteiger partial charge in [-0.3, -0.25) is 0 Å². The predicted octanol–water partition coefficient (Wildman–Crippen LogP) is 0.623. The summed E-state index contributed by atoms with van der Waals surface area (Å²) in [4.78, 5) is 6.29. The summed E-state index contributed by atoms with van der Waals surface area (Å²) >= 11 is 0. The zero-order valence-electron chi connectivity index (χ0n) is 7.82. The van der Waals surface area contributed by atoms with Crippen LogP contribution in [0, 0.1) is 5.92 Å². The van der Waals surface area contributed by atoms with Crippen LogP contribution in [0.4, 0.5) is 11.9 Å². The number of nitrogens with two attached hydrogens (primary N) is 1. The molecule has 5 heteroatoms. The maximum Gasteiger partial charge on any atom is 0.246 e. The van der Waals surface area contributed by atoms with Crippen LogP contribution in [0.1, 0.15) is 19.8 Å². The number of piperidine rings is 1. The maximum atomic E-state index is 5.46. The summed E-state index contributed by atoms with van der Waals surface area (Å²) in [5, 5.41) is 6.69. The van der Waals surface area contributed by atoms with Crippen molar-refractivity contribution in [1.82, 2.24) is 15.2 Å². The summed E-state index contributed by atoms with van der Waals surface area (Å²) in [6.07, 6.45) is 2.52. The molecule has 2 rings (SSSR count). The minimum absolute atomic E-state index is 0.397. The molecule has 0 aromatic carbocycles. The Bertz CT molecular complexity index is 282. The molecule has 5 nitrogen and oxygen atoms in total. The summed E-state index contributed by atoms with van der Waals surface area (Å²) < 4.78 is 0. The van der Waals surface area contributed by atoms with E-state index in [4.69, 9.17) is 5.73 Å². The average Bonchev–Trinajstić information content (AvgIpc) is 2.52. The molecule has 0 radical (unpaired) electrons. The fourth-order valence-corrected chi connectivity index (χ4v) is 1.78. The van der Waals surface area contributed by atoms with Crippen LogP contribution in [0.5, 0.6) is 0 Å². The van der Waals surface area contributed by atoms with Gasteiger partial charge in [0.15, 0.2) is 0 Å². The van der Waals surface area contributed by atoms with E-state index in [1.54, 1.807) is 0 Å². The smallest absolute Gasteiger partial charge is 0.246 e. The molecule has 1 saturated heterocycles. The fourth-order valence-electron chi connectivity index (χ4n) is 1.78. The lowest BCUT2D eigenvalue weighted by Crippen LogP contribution is -2.34. The van der Waals surface area contributed by atoms with Crippen LogP contribution >= 0.6 is 0 Å². The van der Waals surface area contributed by atoms with E-state index in [1.165, 1.54) is 12.8 Å². The Balaban J connectivity index is 2.08. The van der Waals surface area contributed by atoms with Gasteiger partial charge >= 0.3 is 0 Å². The van der Waals surface area contributed by atoms with Gasteiger partial charge in [-0.15, -0.1) is 5.10 Å². The second kappa shape index (κ2) is 3.24. The minimum Gasteiger partial charge on any atom is -0.368 e. The van der Waals surface area contributed by atoms with Crippen molar-refractivity contribution < 1.29 is 0 Å². The number of nitrogens with one attached hydrogen (secondary N) is 1. The highest BCUT2D eigenvalue weighted by atomic mass is 15.4. The largest absolute Gasteiger partial charge is 0.368 e. The number of hydrogen-bond acceptors (Lipinski definition) is 4. The van der Waals surface area contributed by atoms with Crippen LogP contribution < -0.4 is 10.6 Å². The van der Waals surface area contributed by atoms with Crippen molar-refractivity contribution in [1.29, 1.82) is 0 Å². The Morgan fingerprint density at radius 2 is 2.46 bits per heavy atom. The van der Waals surface area contributed by atoms with E-state index in [0.29, 0.717) is 5.95 Å². The van der Waals surface area contributed by atoms with Crippen LogP contribution in [-0.2, 0) is 0 Å². The normalized spacial score (nSPS) is 23.5. The Morgan fingerprint density at radius 3 is 3.08 bits per heavy atom. The van der Waals surface area contributed by atoms with E-state index in [-0.39, 0.29) is 0 Å². The average molecular weight is 181 g/mol. The van der Waals surface area contributed by atoms with Gasteiger partial charge in [-0.05, 0) is 18.8 Å². The highest BCUT2D eigenvalue weighted by Gasteiger charge is 2.19. The third-order valence-electron chi connectivity index (χ3n) is 2.43. The predicted molar refractivity (Wildman–Crippen MR) is 51.4 cm³/mol. The highest BCUT2D eigenvalue weighted by molar-refractivity contribution is 5.34. The third kappa shape index (κ3) is 1.74. The molecule has 3 N–H and O–H groups in total.